The van der Waals surface area contributed by atoms with Crippen LogP contribution in [0.15, 0.2) is 5.16 Å². The van der Waals surface area contributed by atoms with Crippen LogP contribution in [0.5, 0.6) is 0 Å². The third-order valence-corrected chi connectivity index (χ3v) is 3.54. The van der Waals surface area contributed by atoms with Crippen LogP contribution in [0.2, 0.25) is 0 Å². The number of aromatic nitrogens is 2. The number of hydrogen-bond acceptors (Lipinski definition) is 6. The SMILES string of the molecule is CCN(CCC(N)=NO)C(=O)c1snnc1C(C)(C)C. The summed E-state index contributed by atoms with van der Waals surface area (Å²) in [4.78, 5) is 14.7. The van der Waals surface area contributed by atoms with Crippen molar-refractivity contribution in [2.75, 3.05) is 13.1 Å². The van der Waals surface area contributed by atoms with Crippen molar-refractivity contribution < 1.29 is 10.0 Å². The van der Waals surface area contributed by atoms with E-state index in [4.69, 9.17) is 10.9 Å². The Balaban J connectivity index is 2.90. The quantitative estimate of drug-likeness (QED) is 0.370. The smallest absolute Gasteiger partial charge is 0.267 e. The Bertz CT molecular complexity index is 492. The van der Waals surface area contributed by atoms with Gasteiger partial charge >= 0.3 is 0 Å². The minimum atomic E-state index is -0.233. The molecule has 1 amide bonds. The summed E-state index contributed by atoms with van der Waals surface area (Å²) in [5, 5.41) is 15.5. The Labute approximate surface area is 122 Å². The second-order valence-corrected chi connectivity index (χ2v) is 6.18. The van der Waals surface area contributed by atoms with Gasteiger partial charge in [0.25, 0.3) is 5.91 Å². The first-order chi connectivity index (χ1) is 9.31. The molecule has 0 saturated carbocycles. The van der Waals surface area contributed by atoms with Crippen LogP contribution in [0.3, 0.4) is 0 Å². The summed E-state index contributed by atoms with van der Waals surface area (Å²) in [5.41, 5.74) is 5.90. The van der Waals surface area contributed by atoms with Crippen LogP contribution in [0.4, 0.5) is 0 Å². The zero-order valence-electron chi connectivity index (χ0n) is 12.3. The second-order valence-electron chi connectivity index (χ2n) is 5.43. The van der Waals surface area contributed by atoms with Crippen molar-refractivity contribution in [2.24, 2.45) is 10.9 Å². The van der Waals surface area contributed by atoms with Gasteiger partial charge in [-0.2, -0.15) is 0 Å². The molecule has 3 N–H and O–H groups in total. The molecule has 20 heavy (non-hydrogen) atoms. The first kappa shape index (κ1) is 16.4. The lowest BCUT2D eigenvalue weighted by Crippen LogP contribution is -2.34. The normalized spacial score (nSPS) is 12.5. The number of rotatable bonds is 5. The predicted octanol–water partition coefficient (Wildman–Crippen LogP) is 1.43. The standard InChI is InChI=1S/C12H21N5O2S/c1-5-17(7-6-8(13)15-19)11(18)9-10(12(2,3)4)14-16-20-9/h19H,5-7H2,1-4H3,(H2,13,15). The average molecular weight is 299 g/mol. The molecule has 0 fully saturated rings. The van der Waals surface area contributed by atoms with Crippen molar-refractivity contribution in [2.45, 2.75) is 39.5 Å². The molecule has 0 aliphatic rings. The minimum Gasteiger partial charge on any atom is -0.409 e. The zero-order chi connectivity index (χ0) is 15.3. The van der Waals surface area contributed by atoms with Crippen LogP contribution in [0.1, 0.15) is 49.5 Å². The highest BCUT2D eigenvalue weighted by atomic mass is 32.1. The Morgan fingerprint density at radius 2 is 2.15 bits per heavy atom. The van der Waals surface area contributed by atoms with Gasteiger partial charge in [0, 0.05) is 24.9 Å². The molecule has 0 aromatic carbocycles. The molecule has 7 nitrogen and oxygen atoms in total. The van der Waals surface area contributed by atoms with Crippen LogP contribution in [-0.2, 0) is 5.41 Å². The molecule has 1 aromatic rings. The number of hydrogen-bond donors (Lipinski definition) is 2. The van der Waals surface area contributed by atoms with Crippen molar-refractivity contribution in [3.05, 3.63) is 10.6 Å². The van der Waals surface area contributed by atoms with E-state index in [2.05, 4.69) is 14.7 Å². The molecule has 1 rings (SSSR count). The lowest BCUT2D eigenvalue weighted by molar-refractivity contribution is 0.0770. The summed E-state index contributed by atoms with van der Waals surface area (Å²) in [5.74, 6) is -0.00658. The number of carbonyl (C=O) groups is 1. The maximum Gasteiger partial charge on any atom is 0.267 e. The second kappa shape index (κ2) is 6.65. The minimum absolute atomic E-state index is 0.106. The molecular weight excluding hydrogens is 278 g/mol. The molecule has 0 atom stereocenters. The Morgan fingerprint density at radius 1 is 1.50 bits per heavy atom. The molecule has 0 radical (unpaired) electrons. The summed E-state index contributed by atoms with van der Waals surface area (Å²) < 4.78 is 3.89. The first-order valence-corrected chi connectivity index (χ1v) is 7.17. The number of oxime groups is 1. The molecule has 1 aromatic heterocycles. The highest BCUT2D eigenvalue weighted by molar-refractivity contribution is 7.08. The summed E-state index contributed by atoms with van der Waals surface area (Å²) in [7, 11) is 0. The van der Waals surface area contributed by atoms with Crippen molar-refractivity contribution in [3.8, 4) is 0 Å². The van der Waals surface area contributed by atoms with Crippen LogP contribution in [0.25, 0.3) is 0 Å². The number of amidine groups is 1. The largest absolute Gasteiger partial charge is 0.409 e. The fourth-order valence-electron chi connectivity index (χ4n) is 1.67. The van der Waals surface area contributed by atoms with Gasteiger partial charge in [0.15, 0.2) is 0 Å². The van der Waals surface area contributed by atoms with E-state index in [1.807, 2.05) is 27.7 Å². The Morgan fingerprint density at radius 3 is 2.65 bits per heavy atom. The van der Waals surface area contributed by atoms with Crippen molar-refractivity contribution in [3.63, 3.8) is 0 Å². The monoisotopic (exact) mass is 299 g/mol. The molecule has 8 heteroatoms. The number of carbonyl (C=O) groups excluding carboxylic acids is 1. The van der Waals surface area contributed by atoms with E-state index in [0.29, 0.717) is 30.1 Å². The van der Waals surface area contributed by atoms with Crippen molar-refractivity contribution in [1.29, 1.82) is 0 Å². The molecule has 112 valence electrons. The highest BCUT2D eigenvalue weighted by Gasteiger charge is 2.28. The Kier molecular flexibility index (Phi) is 5.43. The fraction of sp³-hybridized carbons (Fsp3) is 0.667. The van der Waals surface area contributed by atoms with E-state index >= 15 is 0 Å². The van der Waals surface area contributed by atoms with Crippen molar-refractivity contribution in [1.82, 2.24) is 14.5 Å². The summed E-state index contributed by atoms with van der Waals surface area (Å²) >= 11 is 1.11. The van der Waals surface area contributed by atoms with E-state index in [1.54, 1.807) is 4.90 Å². The number of amides is 1. The number of nitrogens with zero attached hydrogens (tertiary/aromatic N) is 4. The van der Waals surface area contributed by atoms with Crippen LogP contribution in [0, 0.1) is 0 Å². The van der Waals surface area contributed by atoms with Gasteiger partial charge in [-0.05, 0) is 18.5 Å². The third kappa shape index (κ3) is 3.89. The molecule has 0 aliphatic carbocycles. The van der Waals surface area contributed by atoms with E-state index in [9.17, 15) is 4.79 Å². The van der Waals surface area contributed by atoms with Gasteiger partial charge in [-0.3, -0.25) is 4.79 Å². The van der Waals surface area contributed by atoms with Crippen LogP contribution >= 0.6 is 11.5 Å². The average Bonchev–Trinajstić information content (AvgIpc) is 2.87. The van der Waals surface area contributed by atoms with Gasteiger partial charge in [-0.1, -0.05) is 30.4 Å². The van der Waals surface area contributed by atoms with Gasteiger partial charge < -0.3 is 15.8 Å². The van der Waals surface area contributed by atoms with Crippen molar-refractivity contribution >= 4 is 23.3 Å². The molecule has 0 bridgehead atoms. The van der Waals surface area contributed by atoms with Gasteiger partial charge in [0.2, 0.25) is 0 Å². The van der Waals surface area contributed by atoms with E-state index in [1.165, 1.54) is 0 Å². The third-order valence-electron chi connectivity index (χ3n) is 2.83. The van der Waals surface area contributed by atoms with Gasteiger partial charge in [-0.25, -0.2) is 0 Å². The molecule has 0 unspecified atom stereocenters. The maximum absolute atomic E-state index is 12.5. The fourth-order valence-corrected chi connectivity index (χ4v) is 2.51. The summed E-state index contributed by atoms with van der Waals surface area (Å²) in [6.07, 6.45) is 0.327. The maximum atomic E-state index is 12.5. The van der Waals surface area contributed by atoms with Gasteiger partial charge in [-0.15, -0.1) is 5.10 Å². The van der Waals surface area contributed by atoms with E-state index in [0.717, 1.165) is 11.5 Å². The molecule has 1 heterocycles. The Hall–Kier alpha value is -1.70. The van der Waals surface area contributed by atoms with Crippen LogP contribution in [-0.4, -0.2) is 44.5 Å². The number of nitrogens with two attached hydrogens (primary N) is 1. The summed E-state index contributed by atoms with van der Waals surface area (Å²) in [6, 6.07) is 0. The lowest BCUT2D eigenvalue weighted by atomic mass is 9.91. The van der Waals surface area contributed by atoms with E-state index in [-0.39, 0.29) is 17.2 Å². The van der Waals surface area contributed by atoms with E-state index < -0.39 is 0 Å². The topological polar surface area (TPSA) is 105 Å². The lowest BCUT2D eigenvalue weighted by Gasteiger charge is -2.22. The zero-order valence-corrected chi connectivity index (χ0v) is 13.1. The first-order valence-electron chi connectivity index (χ1n) is 6.39. The van der Waals surface area contributed by atoms with Gasteiger partial charge in [0.1, 0.15) is 10.7 Å². The molecular formula is C12H21N5O2S. The predicted molar refractivity (Wildman–Crippen MR) is 78.2 cm³/mol. The van der Waals surface area contributed by atoms with Crippen LogP contribution < -0.4 is 5.73 Å². The molecule has 0 saturated heterocycles. The molecule has 0 aliphatic heterocycles. The highest BCUT2D eigenvalue weighted by Crippen LogP contribution is 2.26. The van der Waals surface area contributed by atoms with Gasteiger partial charge in [0.05, 0.1) is 5.69 Å². The molecule has 0 spiro atoms. The summed E-state index contributed by atoms with van der Waals surface area (Å²) in [6.45, 7) is 8.80.